The van der Waals surface area contributed by atoms with Crippen LogP contribution in [0.3, 0.4) is 0 Å². The molecule has 3 rings (SSSR count). The molecule has 1 saturated carbocycles. The minimum Gasteiger partial charge on any atom is -0.463 e. The van der Waals surface area contributed by atoms with E-state index in [0.29, 0.717) is 12.8 Å². The lowest BCUT2D eigenvalue weighted by Crippen LogP contribution is -2.41. The topological polar surface area (TPSA) is 165 Å². The molecule has 1 aliphatic carbocycles. The van der Waals surface area contributed by atoms with Crippen LogP contribution < -0.4 is 0 Å². The van der Waals surface area contributed by atoms with E-state index >= 15 is 0 Å². The van der Waals surface area contributed by atoms with E-state index in [2.05, 4.69) is 21.9 Å². The van der Waals surface area contributed by atoms with Crippen molar-refractivity contribution >= 4 is 23.9 Å². The van der Waals surface area contributed by atoms with E-state index in [1.54, 1.807) is 0 Å². The number of rotatable bonds is 6. The molecule has 13 heteroatoms. The lowest BCUT2D eigenvalue weighted by molar-refractivity contribution is -0.166. The Morgan fingerprint density at radius 1 is 1.09 bits per heavy atom. The fourth-order valence-corrected chi connectivity index (χ4v) is 3.93. The second-order valence-corrected chi connectivity index (χ2v) is 8.20. The van der Waals surface area contributed by atoms with Gasteiger partial charge in [-0.3, -0.25) is 14.4 Å². The molecule has 1 aromatic heterocycles. The molecule has 0 spiro atoms. The number of ether oxygens (including phenoxy) is 5. The van der Waals surface area contributed by atoms with Crippen LogP contribution in [0.4, 0.5) is 0 Å². The van der Waals surface area contributed by atoms with Gasteiger partial charge in [-0.1, -0.05) is 5.92 Å². The van der Waals surface area contributed by atoms with Crippen LogP contribution in [0.2, 0.25) is 0 Å². The van der Waals surface area contributed by atoms with Crippen molar-refractivity contribution in [3.8, 4) is 11.8 Å². The molecule has 0 unspecified atom stereocenters. The Balaban J connectivity index is 2.02. The third kappa shape index (κ3) is 6.34. The first-order valence-corrected chi connectivity index (χ1v) is 11.0. The number of methoxy groups -OCH3 is 1. The zero-order valence-corrected chi connectivity index (χ0v) is 19.8. The van der Waals surface area contributed by atoms with Crippen molar-refractivity contribution in [1.82, 2.24) is 14.8 Å². The average Bonchev–Trinajstić information content (AvgIpc) is 3.48. The molecule has 0 bridgehead atoms. The zero-order valence-electron chi connectivity index (χ0n) is 19.8. The Hall–Kier alpha value is -3.50. The summed E-state index contributed by atoms with van der Waals surface area (Å²) in [6.45, 7) is 3.15. The number of carbonyl (C=O) groups is 4. The Labute approximate surface area is 201 Å². The van der Waals surface area contributed by atoms with Gasteiger partial charge in [-0.05, 0) is 31.6 Å². The quantitative estimate of drug-likeness (QED) is 0.322. The van der Waals surface area contributed by atoms with Gasteiger partial charge in [0.1, 0.15) is 18.3 Å². The largest absolute Gasteiger partial charge is 0.463 e. The third-order valence-corrected chi connectivity index (χ3v) is 5.42. The lowest BCUT2D eigenvalue weighted by atomic mass is 10.0. The molecule has 35 heavy (non-hydrogen) atoms. The molecule has 190 valence electrons. The van der Waals surface area contributed by atoms with E-state index in [4.69, 9.17) is 23.7 Å². The number of carbonyl (C=O) groups excluding carboxylic acids is 4. The van der Waals surface area contributed by atoms with Crippen molar-refractivity contribution in [3.63, 3.8) is 0 Å². The molecule has 1 aliphatic heterocycles. The van der Waals surface area contributed by atoms with Crippen molar-refractivity contribution in [2.24, 2.45) is 0 Å². The first-order valence-electron chi connectivity index (χ1n) is 11.0. The third-order valence-electron chi connectivity index (χ3n) is 5.42. The van der Waals surface area contributed by atoms with Crippen molar-refractivity contribution in [2.45, 2.75) is 76.6 Å². The van der Waals surface area contributed by atoms with E-state index in [0.717, 1.165) is 38.5 Å². The van der Waals surface area contributed by atoms with Gasteiger partial charge in [0.25, 0.3) is 0 Å². The van der Waals surface area contributed by atoms with E-state index in [9.17, 15) is 24.3 Å². The molecule has 0 aromatic carbocycles. The van der Waals surface area contributed by atoms with Crippen LogP contribution in [-0.2, 0) is 38.1 Å². The van der Waals surface area contributed by atoms with Gasteiger partial charge >= 0.3 is 23.9 Å². The maximum atomic E-state index is 12.5. The fraction of sp³-hybridized carbons (Fsp3) is 0.636. The molecule has 2 aliphatic rings. The SMILES string of the molecule is COC(=O)c1nc(C#CC2(O)CCCC2)nn1[C@@H]1O[C@H](COC(C)=O)[C@@H](OC(C)=O)[C@H]1OC(C)=O. The van der Waals surface area contributed by atoms with Crippen LogP contribution in [-0.4, -0.2) is 81.4 Å². The van der Waals surface area contributed by atoms with Crippen molar-refractivity contribution in [1.29, 1.82) is 0 Å². The summed E-state index contributed by atoms with van der Waals surface area (Å²) in [7, 11) is 1.14. The number of hydrogen-bond donors (Lipinski definition) is 1. The van der Waals surface area contributed by atoms with E-state index < -0.39 is 54.0 Å². The number of esters is 4. The normalized spacial score (nSPS) is 24.7. The summed E-state index contributed by atoms with van der Waals surface area (Å²) in [5.74, 6) is 2.06. The maximum Gasteiger partial charge on any atom is 0.375 e. The minimum atomic E-state index is -1.31. The highest BCUT2D eigenvalue weighted by Crippen LogP contribution is 2.35. The molecule has 2 heterocycles. The average molecular weight is 493 g/mol. The highest BCUT2D eigenvalue weighted by Gasteiger charge is 2.52. The minimum absolute atomic E-state index is 0.108. The van der Waals surface area contributed by atoms with Crippen molar-refractivity contribution in [3.05, 3.63) is 11.6 Å². The Kier molecular flexibility index (Phi) is 8.08. The lowest BCUT2D eigenvalue weighted by Gasteiger charge is -2.23. The van der Waals surface area contributed by atoms with E-state index in [1.165, 1.54) is 6.92 Å². The van der Waals surface area contributed by atoms with Gasteiger partial charge in [0.05, 0.1) is 7.11 Å². The summed E-state index contributed by atoms with van der Waals surface area (Å²) in [6, 6.07) is 0. The second kappa shape index (κ2) is 10.8. The maximum absolute atomic E-state index is 12.5. The number of hydrogen-bond acceptors (Lipinski definition) is 12. The summed E-state index contributed by atoms with van der Waals surface area (Å²) < 4.78 is 27.4. The molecule has 0 radical (unpaired) electrons. The molecule has 4 atom stereocenters. The second-order valence-electron chi connectivity index (χ2n) is 8.20. The summed E-state index contributed by atoms with van der Waals surface area (Å²) in [6.07, 6.45) is -2.15. The summed E-state index contributed by atoms with van der Waals surface area (Å²) in [5, 5.41) is 14.7. The van der Waals surface area contributed by atoms with Crippen LogP contribution in [0, 0.1) is 11.8 Å². The van der Waals surface area contributed by atoms with Crippen molar-refractivity contribution < 1.29 is 48.0 Å². The highest BCUT2D eigenvalue weighted by molar-refractivity contribution is 5.85. The first-order chi connectivity index (χ1) is 16.5. The molecule has 1 saturated heterocycles. The smallest absolute Gasteiger partial charge is 0.375 e. The molecule has 0 amide bonds. The van der Waals surface area contributed by atoms with Gasteiger partial charge in [-0.15, -0.1) is 5.10 Å². The summed E-state index contributed by atoms with van der Waals surface area (Å²) in [5.41, 5.74) is -1.17. The fourth-order valence-electron chi connectivity index (χ4n) is 3.93. The molecule has 1 N–H and O–H groups in total. The molecule has 1 aromatic rings. The van der Waals surface area contributed by atoms with Gasteiger partial charge in [0.2, 0.25) is 11.6 Å². The molecular weight excluding hydrogens is 466 g/mol. The molecule has 13 nitrogen and oxygen atoms in total. The van der Waals surface area contributed by atoms with Crippen molar-refractivity contribution in [2.75, 3.05) is 13.7 Å². The van der Waals surface area contributed by atoms with Gasteiger partial charge in [-0.2, -0.15) is 4.98 Å². The van der Waals surface area contributed by atoms with Crippen LogP contribution in [0.15, 0.2) is 0 Å². The summed E-state index contributed by atoms with van der Waals surface area (Å²) >= 11 is 0. The number of aliphatic hydroxyl groups is 1. The van der Waals surface area contributed by atoms with Gasteiger partial charge in [0.15, 0.2) is 18.4 Å². The Bertz CT molecular complexity index is 1050. The monoisotopic (exact) mass is 493 g/mol. The zero-order chi connectivity index (χ0) is 25.8. The number of nitrogens with zero attached hydrogens (tertiary/aromatic N) is 3. The predicted molar refractivity (Wildman–Crippen MR) is 113 cm³/mol. The van der Waals surface area contributed by atoms with Crippen LogP contribution in [0.25, 0.3) is 0 Å². The van der Waals surface area contributed by atoms with Crippen LogP contribution in [0.1, 0.15) is 69.1 Å². The Morgan fingerprint density at radius 3 is 2.29 bits per heavy atom. The highest BCUT2D eigenvalue weighted by atomic mass is 16.7. The number of aromatic nitrogens is 3. The molecule has 2 fully saturated rings. The van der Waals surface area contributed by atoms with Gasteiger partial charge in [0, 0.05) is 20.8 Å². The predicted octanol–water partition coefficient (Wildman–Crippen LogP) is 0.0452. The standard InChI is InChI=1S/C22H27N3O10/c1-12(26)32-11-15-17(33-13(2)27)18(34-14(3)28)20(35-15)25-19(21(29)31-4)23-16(24-25)7-10-22(30)8-5-6-9-22/h15,17-18,20,30H,5-6,8-9,11H2,1-4H3/t15-,17-,18-,20-/m1/s1. The van der Waals surface area contributed by atoms with Crippen LogP contribution in [0.5, 0.6) is 0 Å². The van der Waals surface area contributed by atoms with E-state index in [1.807, 2.05) is 0 Å². The Morgan fingerprint density at radius 2 is 1.71 bits per heavy atom. The van der Waals surface area contributed by atoms with Gasteiger partial charge < -0.3 is 28.8 Å². The first kappa shape index (κ1) is 26.1. The molecular formula is C22H27N3O10. The van der Waals surface area contributed by atoms with Crippen LogP contribution >= 0.6 is 0 Å². The van der Waals surface area contributed by atoms with Gasteiger partial charge in [-0.25, -0.2) is 9.48 Å². The summed E-state index contributed by atoms with van der Waals surface area (Å²) in [4.78, 5) is 51.5. The van der Waals surface area contributed by atoms with E-state index in [-0.39, 0.29) is 18.3 Å².